The highest BCUT2D eigenvalue weighted by Gasteiger charge is 2.44. The van der Waals surface area contributed by atoms with Crippen molar-refractivity contribution in [1.82, 2.24) is 19.5 Å². The van der Waals surface area contributed by atoms with E-state index in [9.17, 15) is 15.3 Å². The molecule has 0 spiro atoms. The van der Waals surface area contributed by atoms with Crippen LogP contribution >= 0.6 is 0 Å². The van der Waals surface area contributed by atoms with Gasteiger partial charge < -0.3 is 25.4 Å². The van der Waals surface area contributed by atoms with Crippen LogP contribution in [0.3, 0.4) is 0 Å². The number of imidazole rings is 1. The quantitative estimate of drug-likeness (QED) is 0.353. The Morgan fingerprint density at radius 2 is 1.58 bits per heavy atom. The van der Waals surface area contributed by atoms with Gasteiger partial charge in [-0.15, -0.1) is 0 Å². The van der Waals surface area contributed by atoms with Gasteiger partial charge in [0.1, 0.15) is 24.6 Å². The molecule has 0 unspecified atom stereocenters. The second-order valence-corrected chi connectivity index (χ2v) is 8.26. The van der Waals surface area contributed by atoms with Crippen molar-refractivity contribution in [2.75, 3.05) is 11.9 Å². The lowest BCUT2D eigenvalue weighted by molar-refractivity contribution is -0.0511. The molecule has 2 aromatic heterocycles. The monoisotopic (exact) mass is 447 g/mol. The van der Waals surface area contributed by atoms with Crippen LogP contribution in [0.25, 0.3) is 11.2 Å². The minimum Gasteiger partial charge on any atom is -0.394 e. The molecule has 2 aromatic carbocycles. The van der Waals surface area contributed by atoms with Gasteiger partial charge in [0.05, 0.1) is 18.5 Å². The van der Waals surface area contributed by atoms with Crippen molar-refractivity contribution in [2.24, 2.45) is 0 Å². The van der Waals surface area contributed by atoms with E-state index in [-0.39, 0.29) is 0 Å². The Hall–Kier alpha value is -3.37. The van der Waals surface area contributed by atoms with Crippen LogP contribution in [-0.2, 0) is 10.3 Å². The van der Waals surface area contributed by atoms with Gasteiger partial charge in [0.2, 0.25) is 0 Å². The maximum absolute atomic E-state index is 10.4. The van der Waals surface area contributed by atoms with E-state index in [1.165, 1.54) is 12.7 Å². The molecule has 0 amide bonds. The van der Waals surface area contributed by atoms with Crippen molar-refractivity contribution >= 4 is 17.0 Å². The maximum Gasteiger partial charge on any atom is 0.167 e. The molecule has 0 aliphatic carbocycles. The SMILES string of the molecule is CC(Nc1ncnc2c1ncn2[C@@H]1O[C@H](CO)[C@@H](O)[C@H]1O)(c1ccccc1)c1ccccc1. The van der Waals surface area contributed by atoms with Gasteiger partial charge >= 0.3 is 0 Å². The van der Waals surface area contributed by atoms with E-state index in [1.807, 2.05) is 36.4 Å². The van der Waals surface area contributed by atoms with Crippen LogP contribution < -0.4 is 5.32 Å². The number of aliphatic hydroxyl groups is 3. The van der Waals surface area contributed by atoms with Crippen molar-refractivity contribution in [3.05, 3.63) is 84.4 Å². The van der Waals surface area contributed by atoms with Crippen molar-refractivity contribution in [3.63, 3.8) is 0 Å². The molecular weight excluding hydrogens is 422 g/mol. The van der Waals surface area contributed by atoms with E-state index in [4.69, 9.17) is 4.74 Å². The molecule has 33 heavy (non-hydrogen) atoms. The minimum atomic E-state index is -1.23. The molecule has 1 aliphatic heterocycles. The summed E-state index contributed by atoms with van der Waals surface area (Å²) in [6.07, 6.45) is -1.35. The van der Waals surface area contributed by atoms with Crippen LogP contribution in [0.4, 0.5) is 5.82 Å². The third kappa shape index (κ3) is 3.65. The number of ether oxygens (including phenoxy) is 1. The number of nitrogens with zero attached hydrogens (tertiary/aromatic N) is 4. The molecule has 5 rings (SSSR count). The summed E-state index contributed by atoms with van der Waals surface area (Å²) in [4.78, 5) is 13.3. The zero-order valence-electron chi connectivity index (χ0n) is 18.0. The number of rotatable bonds is 6. The van der Waals surface area contributed by atoms with E-state index < -0.39 is 36.7 Å². The molecule has 1 fully saturated rings. The van der Waals surface area contributed by atoms with Crippen LogP contribution in [0, 0.1) is 0 Å². The molecule has 9 nitrogen and oxygen atoms in total. The number of aromatic nitrogens is 4. The summed E-state index contributed by atoms with van der Waals surface area (Å²) in [5, 5.41) is 33.6. The average molecular weight is 447 g/mol. The zero-order valence-corrected chi connectivity index (χ0v) is 18.0. The molecule has 9 heteroatoms. The lowest BCUT2D eigenvalue weighted by atomic mass is 9.84. The Labute approximate surface area is 190 Å². The van der Waals surface area contributed by atoms with Gasteiger partial charge in [0, 0.05) is 0 Å². The first-order valence-corrected chi connectivity index (χ1v) is 10.7. The number of hydrogen-bond acceptors (Lipinski definition) is 8. The topological polar surface area (TPSA) is 126 Å². The summed E-state index contributed by atoms with van der Waals surface area (Å²) in [6.45, 7) is 1.67. The predicted octanol–water partition coefficient (Wildman–Crippen LogP) is 1.81. The van der Waals surface area contributed by atoms with Crippen molar-refractivity contribution < 1.29 is 20.1 Å². The second-order valence-electron chi connectivity index (χ2n) is 8.26. The van der Waals surface area contributed by atoms with Crippen LogP contribution in [0.1, 0.15) is 24.3 Å². The molecule has 4 aromatic rings. The molecule has 4 atom stereocenters. The molecule has 4 N–H and O–H groups in total. The highest BCUT2D eigenvalue weighted by molar-refractivity contribution is 5.83. The minimum absolute atomic E-state index is 0.407. The highest BCUT2D eigenvalue weighted by atomic mass is 16.6. The molecule has 0 bridgehead atoms. The van der Waals surface area contributed by atoms with Crippen LogP contribution in [0.5, 0.6) is 0 Å². The lowest BCUT2D eigenvalue weighted by Crippen LogP contribution is -2.34. The van der Waals surface area contributed by atoms with E-state index in [0.717, 1.165) is 11.1 Å². The lowest BCUT2D eigenvalue weighted by Gasteiger charge is -2.32. The van der Waals surface area contributed by atoms with E-state index >= 15 is 0 Å². The molecule has 170 valence electrons. The molecule has 0 radical (unpaired) electrons. The second kappa shape index (κ2) is 8.53. The van der Waals surface area contributed by atoms with E-state index in [0.29, 0.717) is 17.0 Å². The average Bonchev–Trinajstić information content (AvgIpc) is 3.41. The smallest absolute Gasteiger partial charge is 0.167 e. The van der Waals surface area contributed by atoms with Gasteiger partial charge in [-0.3, -0.25) is 4.57 Å². The van der Waals surface area contributed by atoms with Crippen molar-refractivity contribution in [2.45, 2.75) is 37.0 Å². The van der Waals surface area contributed by atoms with E-state index in [1.54, 1.807) is 4.57 Å². The van der Waals surface area contributed by atoms with E-state index in [2.05, 4.69) is 51.5 Å². The highest BCUT2D eigenvalue weighted by Crippen LogP contribution is 2.36. The summed E-state index contributed by atoms with van der Waals surface area (Å²) >= 11 is 0. The normalized spacial score (nSPS) is 23.2. The fourth-order valence-corrected chi connectivity index (χ4v) is 4.33. The van der Waals surface area contributed by atoms with Crippen LogP contribution in [0.2, 0.25) is 0 Å². The molecule has 1 saturated heterocycles. The van der Waals surface area contributed by atoms with Crippen molar-refractivity contribution in [1.29, 1.82) is 0 Å². The van der Waals surface area contributed by atoms with Crippen LogP contribution in [0.15, 0.2) is 73.3 Å². The number of anilines is 1. The Morgan fingerprint density at radius 1 is 0.939 bits per heavy atom. The molecule has 0 saturated carbocycles. The third-order valence-electron chi connectivity index (χ3n) is 6.22. The first-order valence-electron chi connectivity index (χ1n) is 10.7. The first-order chi connectivity index (χ1) is 16.0. The number of nitrogens with one attached hydrogen (secondary N) is 1. The number of aliphatic hydroxyl groups excluding tert-OH is 3. The Kier molecular flexibility index (Phi) is 5.55. The summed E-state index contributed by atoms with van der Waals surface area (Å²) in [5.74, 6) is 0.515. The van der Waals surface area contributed by atoms with Gasteiger partial charge in [-0.1, -0.05) is 60.7 Å². The zero-order chi connectivity index (χ0) is 23.0. The summed E-state index contributed by atoms with van der Waals surface area (Å²) in [7, 11) is 0. The van der Waals surface area contributed by atoms with Gasteiger partial charge in [-0.05, 0) is 18.1 Å². The third-order valence-corrected chi connectivity index (χ3v) is 6.22. The van der Waals surface area contributed by atoms with Crippen LogP contribution in [-0.4, -0.2) is 59.8 Å². The van der Waals surface area contributed by atoms with Crippen molar-refractivity contribution in [3.8, 4) is 0 Å². The summed E-state index contributed by atoms with van der Waals surface area (Å²) < 4.78 is 7.21. The Balaban J connectivity index is 1.57. The maximum atomic E-state index is 10.4. The predicted molar refractivity (Wildman–Crippen MR) is 121 cm³/mol. The fourth-order valence-electron chi connectivity index (χ4n) is 4.33. The number of fused-ring (bicyclic) bond motifs is 1. The van der Waals surface area contributed by atoms with Gasteiger partial charge in [0.15, 0.2) is 23.2 Å². The summed E-state index contributed by atoms with van der Waals surface area (Å²) in [5.41, 5.74) is 2.41. The van der Waals surface area contributed by atoms with Gasteiger partial charge in [-0.2, -0.15) is 0 Å². The Bertz CT molecular complexity index is 1190. The fraction of sp³-hybridized carbons (Fsp3) is 0.292. The first kappa shape index (κ1) is 21.5. The van der Waals surface area contributed by atoms with Gasteiger partial charge in [0.25, 0.3) is 0 Å². The Morgan fingerprint density at radius 3 is 2.15 bits per heavy atom. The molecule has 3 heterocycles. The standard InChI is InChI=1S/C24H25N5O4/c1-24(15-8-4-2-5-9-15,16-10-6-3-7-11-16)28-21-18-22(26-13-25-21)29(14-27-18)23-20(32)19(31)17(12-30)33-23/h2-11,13-14,17,19-20,23,30-32H,12H2,1H3,(H,25,26,28)/t17-,19-,20-,23-/m1/s1. The summed E-state index contributed by atoms with van der Waals surface area (Å²) in [6, 6.07) is 20.1. The number of benzene rings is 2. The van der Waals surface area contributed by atoms with Gasteiger partial charge in [-0.25, -0.2) is 15.0 Å². The molecule has 1 aliphatic rings. The molecular formula is C24H25N5O4. The number of hydrogen-bond donors (Lipinski definition) is 4. The largest absolute Gasteiger partial charge is 0.394 e.